The van der Waals surface area contributed by atoms with Crippen molar-refractivity contribution in [1.29, 1.82) is 0 Å². The first-order chi connectivity index (χ1) is 9.16. The van der Waals surface area contributed by atoms with Crippen molar-refractivity contribution in [3.63, 3.8) is 0 Å². The first-order valence-electron chi connectivity index (χ1n) is 6.17. The van der Waals surface area contributed by atoms with Gasteiger partial charge < -0.3 is 11.5 Å². The molecule has 0 aromatic carbocycles. The van der Waals surface area contributed by atoms with Gasteiger partial charge >= 0.3 is 0 Å². The van der Waals surface area contributed by atoms with E-state index in [1.165, 1.54) is 32.1 Å². The van der Waals surface area contributed by atoms with Gasteiger partial charge in [0.05, 0.1) is 18.9 Å². The van der Waals surface area contributed by atoms with Crippen LogP contribution in [0.5, 0.6) is 0 Å². The van der Waals surface area contributed by atoms with Gasteiger partial charge in [0.2, 0.25) is 0 Å². The molecule has 0 aliphatic heterocycles. The number of carbonyl (C=O) groups is 4. The van der Waals surface area contributed by atoms with Crippen LogP contribution >= 0.6 is 0 Å². The SMILES string of the molecule is CC(=O)CC(=O)C1=CC(N)C(N)(C(=O)CC(C)=O)C=C1. The molecule has 0 spiro atoms. The molecule has 0 saturated carbocycles. The van der Waals surface area contributed by atoms with Crippen molar-refractivity contribution in [2.24, 2.45) is 11.5 Å². The van der Waals surface area contributed by atoms with E-state index >= 15 is 0 Å². The maximum absolute atomic E-state index is 11.9. The van der Waals surface area contributed by atoms with Gasteiger partial charge in [0.15, 0.2) is 11.6 Å². The first-order valence-corrected chi connectivity index (χ1v) is 6.17. The van der Waals surface area contributed by atoms with Crippen LogP contribution in [0.4, 0.5) is 0 Å². The Bertz CT molecular complexity index is 533. The Morgan fingerprint density at radius 2 is 1.70 bits per heavy atom. The Kier molecular flexibility index (Phi) is 4.86. The molecule has 1 rings (SSSR count). The van der Waals surface area contributed by atoms with Crippen molar-refractivity contribution in [3.05, 3.63) is 23.8 Å². The lowest BCUT2D eigenvalue weighted by atomic mass is 9.79. The second-order valence-corrected chi connectivity index (χ2v) is 5.02. The number of hydrogen-bond donors (Lipinski definition) is 2. The fourth-order valence-electron chi connectivity index (χ4n) is 1.90. The van der Waals surface area contributed by atoms with Crippen molar-refractivity contribution >= 4 is 23.1 Å². The molecule has 0 heterocycles. The minimum absolute atomic E-state index is 0.220. The maximum Gasteiger partial charge on any atom is 0.169 e. The van der Waals surface area contributed by atoms with Crippen LogP contribution in [-0.4, -0.2) is 34.7 Å². The zero-order valence-corrected chi connectivity index (χ0v) is 11.5. The highest BCUT2D eigenvalue weighted by Gasteiger charge is 2.39. The van der Waals surface area contributed by atoms with E-state index in [4.69, 9.17) is 11.5 Å². The zero-order chi connectivity index (χ0) is 15.5. The zero-order valence-electron chi connectivity index (χ0n) is 11.5. The van der Waals surface area contributed by atoms with Crippen LogP contribution in [0.15, 0.2) is 23.8 Å². The van der Waals surface area contributed by atoms with Gasteiger partial charge in [-0.05, 0) is 13.8 Å². The Morgan fingerprint density at radius 1 is 1.15 bits per heavy atom. The molecule has 108 valence electrons. The highest BCUT2D eigenvalue weighted by atomic mass is 16.2. The highest BCUT2D eigenvalue weighted by molar-refractivity contribution is 6.10. The predicted octanol–water partition coefficient (Wildman–Crippen LogP) is -0.396. The smallest absolute Gasteiger partial charge is 0.169 e. The molecule has 0 aromatic rings. The van der Waals surface area contributed by atoms with Crippen LogP contribution in [0.2, 0.25) is 0 Å². The molecule has 1 aliphatic rings. The molecule has 0 amide bonds. The normalized spacial score (nSPS) is 25.0. The molecule has 4 N–H and O–H groups in total. The van der Waals surface area contributed by atoms with Crippen molar-refractivity contribution < 1.29 is 19.2 Å². The molecule has 2 unspecified atom stereocenters. The molecular formula is C14H18N2O4. The maximum atomic E-state index is 11.9. The second kappa shape index (κ2) is 6.02. The van der Waals surface area contributed by atoms with E-state index in [0.29, 0.717) is 0 Å². The van der Waals surface area contributed by atoms with Crippen LogP contribution in [0.1, 0.15) is 26.7 Å². The summed E-state index contributed by atoms with van der Waals surface area (Å²) >= 11 is 0. The summed E-state index contributed by atoms with van der Waals surface area (Å²) in [5, 5.41) is 0. The molecule has 20 heavy (non-hydrogen) atoms. The fraction of sp³-hybridized carbons (Fsp3) is 0.429. The van der Waals surface area contributed by atoms with Gasteiger partial charge in [-0.15, -0.1) is 0 Å². The third kappa shape index (κ3) is 3.55. The predicted molar refractivity (Wildman–Crippen MR) is 72.7 cm³/mol. The fourth-order valence-corrected chi connectivity index (χ4v) is 1.90. The summed E-state index contributed by atoms with van der Waals surface area (Å²) in [5.41, 5.74) is 10.5. The minimum atomic E-state index is -1.49. The highest BCUT2D eigenvalue weighted by Crippen LogP contribution is 2.21. The molecule has 6 heteroatoms. The van der Waals surface area contributed by atoms with Crippen molar-refractivity contribution in [1.82, 2.24) is 0 Å². The van der Waals surface area contributed by atoms with E-state index in [2.05, 4.69) is 0 Å². The summed E-state index contributed by atoms with van der Waals surface area (Å²) in [5.74, 6) is -1.42. The number of nitrogens with two attached hydrogens (primary N) is 2. The average molecular weight is 278 g/mol. The van der Waals surface area contributed by atoms with Crippen molar-refractivity contribution in [3.8, 4) is 0 Å². The summed E-state index contributed by atoms with van der Waals surface area (Å²) in [6, 6.07) is -0.912. The molecule has 0 radical (unpaired) electrons. The molecule has 6 nitrogen and oxygen atoms in total. The van der Waals surface area contributed by atoms with E-state index in [-0.39, 0.29) is 35.8 Å². The lowest BCUT2D eigenvalue weighted by molar-refractivity contribution is -0.129. The molecule has 2 atom stereocenters. The van der Waals surface area contributed by atoms with Crippen molar-refractivity contribution in [2.45, 2.75) is 38.3 Å². The molecule has 1 aliphatic carbocycles. The van der Waals surface area contributed by atoms with E-state index in [1.807, 2.05) is 0 Å². The number of carbonyl (C=O) groups excluding carboxylic acids is 4. The third-order valence-corrected chi connectivity index (χ3v) is 3.07. The minimum Gasteiger partial charge on any atom is -0.322 e. The molecule has 0 saturated heterocycles. The summed E-state index contributed by atoms with van der Waals surface area (Å²) in [4.78, 5) is 45.6. The van der Waals surface area contributed by atoms with Gasteiger partial charge in [0, 0.05) is 5.57 Å². The molecule has 0 fully saturated rings. The van der Waals surface area contributed by atoms with Gasteiger partial charge in [0.1, 0.15) is 17.1 Å². The van der Waals surface area contributed by atoms with Crippen LogP contribution in [0.3, 0.4) is 0 Å². The van der Waals surface area contributed by atoms with Crippen molar-refractivity contribution in [2.75, 3.05) is 0 Å². The van der Waals surface area contributed by atoms with Crippen LogP contribution in [0, 0.1) is 0 Å². The molecule has 0 aromatic heterocycles. The summed E-state index contributed by atoms with van der Waals surface area (Å²) in [6.07, 6.45) is 3.55. The molecule has 0 bridgehead atoms. The Balaban J connectivity index is 2.91. The van der Waals surface area contributed by atoms with Gasteiger partial charge in [-0.3, -0.25) is 19.2 Å². The van der Waals surface area contributed by atoms with Crippen LogP contribution in [-0.2, 0) is 19.2 Å². The Labute approximate surface area is 116 Å². The van der Waals surface area contributed by atoms with E-state index < -0.39 is 17.4 Å². The molecular weight excluding hydrogens is 260 g/mol. The van der Waals surface area contributed by atoms with Gasteiger partial charge in [-0.25, -0.2) is 0 Å². The third-order valence-electron chi connectivity index (χ3n) is 3.07. The Hall–Kier alpha value is -1.92. The van der Waals surface area contributed by atoms with Gasteiger partial charge in [0.25, 0.3) is 0 Å². The summed E-state index contributed by atoms with van der Waals surface area (Å²) in [6.45, 7) is 2.60. The number of allylic oxidation sites excluding steroid dienone is 2. The number of rotatable bonds is 6. The average Bonchev–Trinajstić information content (AvgIpc) is 2.30. The standard InChI is InChI=1S/C14H18N2O4/c1-8(17)5-11(19)10-3-4-14(16,12(15)7-10)13(20)6-9(2)18/h3-4,7,12H,5-6,15-16H2,1-2H3. The van der Waals surface area contributed by atoms with Crippen LogP contribution < -0.4 is 11.5 Å². The topological polar surface area (TPSA) is 120 Å². The Morgan fingerprint density at radius 3 is 2.15 bits per heavy atom. The number of ketones is 4. The first kappa shape index (κ1) is 16.1. The quantitative estimate of drug-likeness (QED) is 0.638. The van der Waals surface area contributed by atoms with Gasteiger partial charge in [-0.1, -0.05) is 18.2 Å². The lowest BCUT2D eigenvalue weighted by Crippen LogP contribution is -2.60. The number of hydrogen-bond acceptors (Lipinski definition) is 6. The van der Waals surface area contributed by atoms with E-state index in [9.17, 15) is 19.2 Å². The second-order valence-electron chi connectivity index (χ2n) is 5.02. The van der Waals surface area contributed by atoms with E-state index in [1.54, 1.807) is 0 Å². The lowest BCUT2D eigenvalue weighted by Gasteiger charge is -2.31. The monoisotopic (exact) mass is 278 g/mol. The number of Topliss-reactive ketones (excluding diaryl/α,β-unsaturated/α-hetero) is 4. The summed E-state index contributed by atoms with van der Waals surface area (Å²) < 4.78 is 0. The van der Waals surface area contributed by atoms with Crippen LogP contribution in [0.25, 0.3) is 0 Å². The largest absolute Gasteiger partial charge is 0.322 e. The summed E-state index contributed by atoms with van der Waals surface area (Å²) in [7, 11) is 0. The van der Waals surface area contributed by atoms with Gasteiger partial charge in [-0.2, -0.15) is 0 Å². The van der Waals surface area contributed by atoms with E-state index in [0.717, 1.165) is 0 Å².